The number of carbonyl (C=O) groups is 1. The minimum Gasteiger partial charge on any atom is -0.491 e. The van der Waals surface area contributed by atoms with E-state index in [1.54, 1.807) is 7.05 Å². The van der Waals surface area contributed by atoms with Gasteiger partial charge in [-0.2, -0.15) is 0 Å². The summed E-state index contributed by atoms with van der Waals surface area (Å²) >= 11 is 0. The van der Waals surface area contributed by atoms with E-state index in [2.05, 4.69) is 13.0 Å². The summed E-state index contributed by atoms with van der Waals surface area (Å²) in [4.78, 5) is 18.7. The van der Waals surface area contributed by atoms with Gasteiger partial charge in [-0.15, -0.1) is 0 Å². The number of aromatic nitrogens is 1. The summed E-state index contributed by atoms with van der Waals surface area (Å²) in [5.41, 5.74) is 2.93. The first kappa shape index (κ1) is 26.9. The predicted octanol–water partition coefficient (Wildman–Crippen LogP) is 6.97. The summed E-state index contributed by atoms with van der Waals surface area (Å²) < 4.78 is 23.3. The monoisotopic (exact) mass is 506 g/mol. The second-order valence-corrected chi connectivity index (χ2v) is 10.4. The van der Waals surface area contributed by atoms with Crippen LogP contribution in [0.2, 0.25) is 0 Å². The Labute approximate surface area is 219 Å². The van der Waals surface area contributed by atoms with Crippen LogP contribution in [0.1, 0.15) is 53.4 Å². The lowest BCUT2D eigenvalue weighted by molar-refractivity contribution is -0.193. The summed E-state index contributed by atoms with van der Waals surface area (Å²) in [6, 6.07) is 17.7. The molecule has 1 aromatic heterocycles. The minimum atomic E-state index is -0.541. The van der Waals surface area contributed by atoms with Gasteiger partial charge in [0.2, 0.25) is 0 Å². The van der Waals surface area contributed by atoms with Gasteiger partial charge in [0.25, 0.3) is 0 Å². The fourth-order valence-corrected chi connectivity index (χ4v) is 4.12. The average molecular weight is 507 g/mol. The van der Waals surface area contributed by atoms with Crippen LogP contribution in [0.4, 0.5) is 10.5 Å². The molecule has 1 saturated heterocycles. The largest absolute Gasteiger partial charge is 0.491 e. The minimum absolute atomic E-state index is 0.00312. The number of anilines is 1. The molecule has 0 aliphatic carbocycles. The third-order valence-electron chi connectivity index (χ3n) is 6.25. The van der Waals surface area contributed by atoms with Gasteiger partial charge in [-0.05, 0) is 82.9 Å². The zero-order chi connectivity index (χ0) is 26.4. The summed E-state index contributed by atoms with van der Waals surface area (Å²) in [7, 11) is 1.70. The molecule has 1 aliphatic heterocycles. The Balaban J connectivity index is 1.39. The highest BCUT2D eigenvalue weighted by atomic mass is 16.7. The zero-order valence-corrected chi connectivity index (χ0v) is 22.5. The summed E-state index contributed by atoms with van der Waals surface area (Å²) in [5.74, 6) is 0.795. The Morgan fingerprint density at radius 1 is 1.11 bits per heavy atom. The normalized spacial score (nSPS) is 16.8. The highest BCUT2D eigenvalue weighted by molar-refractivity contribution is 5.88. The first-order valence-electron chi connectivity index (χ1n) is 13.1. The van der Waals surface area contributed by atoms with Gasteiger partial charge < -0.3 is 18.9 Å². The first-order chi connectivity index (χ1) is 17.7. The van der Waals surface area contributed by atoms with Crippen molar-refractivity contribution in [1.82, 2.24) is 4.98 Å². The highest BCUT2D eigenvalue weighted by Gasteiger charge is 2.21. The number of ether oxygens (including phenoxy) is 4. The Kier molecular flexibility index (Phi) is 8.67. The second kappa shape index (κ2) is 11.9. The van der Waals surface area contributed by atoms with E-state index in [-0.39, 0.29) is 18.5 Å². The number of hydrogen-bond acceptors (Lipinski definition) is 6. The van der Waals surface area contributed by atoms with Gasteiger partial charge in [0, 0.05) is 30.3 Å². The molecule has 7 nitrogen and oxygen atoms in total. The highest BCUT2D eigenvalue weighted by Crippen LogP contribution is 2.27. The van der Waals surface area contributed by atoms with E-state index in [0.717, 1.165) is 65.9 Å². The smallest absolute Gasteiger partial charge is 0.414 e. The van der Waals surface area contributed by atoms with Gasteiger partial charge in [0.05, 0.1) is 17.3 Å². The fraction of sp³-hybridized carbons (Fsp3) is 0.467. The maximum absolute atomic E-state index is 12.3. The van der Waals surface area contributed by atoms with Gasteiger partial charge in [0.15, 0.2) is 6.29 Å². The molecule has 3 aromatic rings. The Bertz CT molecular complexity index is 1180. The van der Waals surface area contributed by atoms with Crippen molar-refractivity contribution >= 4 is 22.7 Å². The molecule has 2 aromatic carbocycles. The molecule has 1 fully saturated rings. The van der Waals surface area contributed by atoms with E-state index >= 15 is 0 Å². The lowest BCUT2D eigenvalue weighted by Gasteiger charge is -2.27. The summed E-state index contributed by atoms with van der Waals surface area (Å²) in [6.45, 7) is 8.92. The van der Waals surface area contributed by atoms with Crippen LogP contribution in [0.15, 0.2) is 54.6 Å². The quantitative estimate of drug-likeness (QED) is 0.328. The SMILES string of the molecule is CC[C@H](COc1ccc2nc(-c3ccc(N(C)C(=O)OC(C)(C)C)cc3)ccc2c1)OC1CCCCO1. The third-order valence-corrected chi connectivity index (χ3v) is 6.25. The molecular formula is C30H38N2O5. The standard InChI is InChI=1S/C30H38N2O5/c1-6-24(36-28-9-7-8-18-34-28)20-35-25-15-17-27-22(19-25)12-16-26(31-27)21-10-13-23(14-11-21)32(5)29(33)37-30(2,3)4/h10-17,19,24,28H,6-9,18,20H2,1-5H3/t24-,28?/m1/s1. The third kappa shape index (κ3) is 7.43. The van der Waals surface area contributed by atoms with Crippen molar-refractivity contribution in [2.45, 2.75) is 71.4 Å². The van der Waals surface area contributed by atoms with Crippen LogP contribution in [0.5, 0.6) is 5.75 Å². The first-order valence-corrected chi connectivity index (χ1v) is 13.1. The molecule has 0 radical (unpaired) electrons. The molecule has 198 valence electrons. The maximum Gasteiger partial charge on any atom is 0.414 e. The maximum atomic E-state index is 12.3. The number of pyridine rings is 1. The molecule has 37 heavy (non-hydrogen) atoms. The topological polar surface area (TPSA) is 70.1 Å². The second-order valence-electron chi connectivity index (χ2n) is 10.4. The molecule has 2 atom stereocenters. The van der Waals surface area contributed by atoms with E-state index in [0.29, 0.717) is 6.61 Å². The van der Waals surface area contributed by atoms with Crippen molar-refractivity contribution in [3.05, 3.63) is 54.6 Å². The molecule has 1 aliphatic rings. The number of hydrogen-bond donors (Lipinski definition) is 0. The molecule has 1 unspecified atom stereocenters. The Morgan fingerprint density at radius 3 is 2.57 bits per heavy atom. The lowest BCUT2D eigenvalue weighted by Crippen LogP contribution is -2.34. The van der Waals surface area contributed by atoms with Crippen molar-refractivity contribution in [2.75, 3.05) is 25.2 Å². The van der Waals surface area contributed by atoms with E-state index < -0.39 is 5.60 Å². The van der Waals surface area contributed by atoms with Gasteiger partial charge in [-0.25, -0.2) is 9.78 Å². The molecule has 0 spiro atoms. The average Bonchev–Trinajstić information content (AvgIpc) is 2.90. The van der Waals surface area contributed by atoms with Crippen molar-refractivity contribution < 1.29 is 23.7 Å². The predicted molar refractivity (Wildman–Crippen MR) is 146 cm³/mol. The van der Waals surface area contributed by atoms with Gasteiger partial charge >= 0.3 is 6.09 Å². The van der Waals surface area contributed by atoms with Crippen molar-refractivity contribution in [1.29, 1.82) is 0 Å². The van der Waals surface area contributed by atoms with Crippen LogP contribution in [0.3, 0.4) is 0 Å². The van der Waals surface area contributed by atoms with Crippen LogP contribution in [0.25, 0.3) is 22.2 Å². The van der Waals surface area contributed by atoms with Crippen LogP contribution < -0.4 is 9.64 Å². The summed E-state index contributed by atoms with van der Waals surface area (Å²) in [6.07, 6.45) is 3.56. The lowest BCUT2D eigenvalue weighted by atomic mass is 10.1. The van der Waals surface area contributed by atoms with Crippen LogP contribution in [0, 0.1) is 0 Å². The Hall–Kier alpha value is -3.16. The summed E-state index contributed by atoms with van der Waals surface area (Å²) in [5, 5.41) is 1.01. The van der Waals surface area contributed by atoms with E-state index in [1.807, 2.05) is 69.3 Å². The molecule has 0 bridgehead atoms. The van der Waals surface area contributed by atoms with E-state index in [9.17, 15) is 4.79 Å². The number of rotatable bonds is 8. The van der Waals surface area contributed by atoms with Gasteiger partial charge in [-0.3, -0.25) is 4.90 Å². The van der Waals surface area contributed by atoms with Crippen molar-refractivity contribution in [3.63, 3.8) is 0 Å². The van der Waals surface area contributed by atoms with Crippen molar-refractivity contribution in [2.24, 2.45) is 0 Å². The van der Waals surface area contributed by atoms with E-state index in [4.69, 9.17) is 23.9 Å². The Morgan fingerprint density at radius 2 is 1.89 bits per heavy atom. The van der Waals surface area contributed by atoms with Crippen molar-refractivity contribution in [3.8, 4) is 17.0 Å². The van der Waals surface area contributed by atoms with Crippen LogP contribution >= 0.6 is 0 Å². The molecule has 7 heteroatoms. The van der Waals surface area contributed by atoms with Gasteiger partial charge in [0.1, 0.15) is 18.0 Å². The number of carbonyl (C=O) groups excluding carboxylic acids is 1. The number of nitrogens with zero attached hydrogens (tertiary/aromatic N) is 2. The fourth-order valence-electron chi connectivity index (χ4n) is 4.12. The molecular weight excluding hydrogens is 468 g/mol. The van der Waals surface area contributed by atoms with Crippen LogP contribution in [-0.4, -0.2) is 49.3 Å². The molecule has 1 amide bonds. The van der Waals surface area contributed by atoms with Gasteiger partial charge in [-0.1, -0.05) is 25.1 Å². The molecule has 2 heterocycles. The van der Waals surface area contributed by atoms with Crippen LogP contribution in [-0.2, 0) is 14.2 Å². The number of fused-ring (bicyclic) bond motifs is 1. The molecule has 4 rings (SSSR count). The van der Waals surface area contributed by atoms with E-state index in [1.165, 1.54) is 4.90 Å². The number of benzene rings is 2. The molecule has 0 N–H and O–H groups in total. The molecule has 0 saturated carbocycles. The zero-order valence-electron chi connectivity index (χ0n) is 22.5. The number of amides is 1.